The van der Waals surface area contributed by atoms with Crippen molar-refractivity contribution in [1.82, 2.24) is 14.7 Å². The van der Waals surface area contributed by atoms with Crippen molar-refractivity contribution in [2.45, 2.75) is 19.3 Å². The van der Waals surface area contributed by atoms with Crippen LogP contribution in [-0.4, -0.2) is 77.7 Å². The fraction of sp³-hybridized carbons (Fsp3) is 0.360. The molecule has 1 saturated heterocycles. The van der Waals surface area contributed by atoms with E-state index in [1.807, 2.05) is 30.3 Å². The van der Waals surface area contributed by atoms with Crippen LogP contribution in [0.2, 0.25) is 0 Å². The third kappa shape index (κ3) is 5.22. The van der Waals surface area contributed by atoms with Crippen molar-refractivity contribution in [2.75, 3.05) is 39.3 Å². The summed E-state index contributed by atoms with van der Waals surface area (Å²) in [5, 5.41) is 0. The van der Waals surface area contributed by atoms with Crippen molar-refractivity contribution in [2.24, 2.45) is 0 Å². The van der Waals surface area contributed by atoms with E-state index in [1.54, 1.807) is 34.1 Å². The Morgan fingerprint density at radius 1 is 0.727 bits per heavy atom. The molecule has 1 fully saturated rings. The van der Waals surface area contributed by atoms with Gasteiger partial charge in [0.1, 0.15) is 5.75 Å². The molecule has 172 valence electrons. The van der Waals surface area contributed by atoms with E-state index in [9.17, 15) is 19.2 Å². The van der Waals surface area contributed by atoms with Crippen LogP contribution in [0.25, 0.3) is 0 Å². The van der Waals surface area contributed by atoms with E-state index in [4.69, 9.17) is 4.74 Å². The summed E-state index contributed by atoms with van der Waals surface area (Å²) < 4.78 is 5.61. The number of carbonyl (C=O) groups excluding carboxylic acids is 4. The number of ether oxygens (including phenoxy) is 1. The highest BCUT2D eigenvalue weighted by atomic mass is 16.5. The molecule has 0 aliphatic carbocycles. The molecule has 8 nitrogen and oxygen atoms in total. The second-order valence-corrected chi connectivity index (χ2v) is 8.08. The number of carbonyl (C=O) groups is 4. The molecule has 0 bridgehead atoms. The molecule has 0 spiro atoms. The van der Waals surface area contributed by atoms with E-state index >= 15 is 0 Å². The zero-order valence-corrected chi connectivity index (χ0v) is 18.4. The zero-order chi connectivity index (χ0) is 23.2. The summed E-state index contributed by atoms with van der Waals surface area (Å²) >= 11 is 0. The molecule has 0 N–H and O–H groups in total. The van der Waals surface area contributed by atoms with Crippen LogP contribution in [0.15, 0.2) is 54.6 Å². The van der Waals surface area contributed by atoms with E-state index in [0.717, 1.165) is 10.6 Å². The average molecular weight is 450 g/mol. The van der Waals surface area contributed by atoms with E-state index in [1.165, 1.54) is 0 Å². The lowest BCUT2D eigenvalue weighted by atomic mass is 10.1. The Bertz CT molecular complexity index is 1000. The summed E-state index contributed by atoms with van der Waals surface area (Å²) in [5.41, 5.74) is 0.769. The summed E-state index contributed by atoms with van der Waals surface area (Å²) in [6, 6.07) is 16.1. The summed E-state index contributed by atoms with van der Waals surface area (Å²) in [4.78, 5) is 54.9. The molecule has 2 aromatic carbocycles. The van der Waals surface area contributed by atoms with Crippen LogP contribution in [0.1, 0.15) is 40.0 Å². The van der Waals surface area contributed by atoms with Gasteiger partial charge in [0, 0.05) is 39.1 Å². The first-order valence-electron chi connectivity index (χ1n) is 11.2. The Hall–Kier alpha value is -3.68. The smallest absolute Gasteiger partial charge is 0.261 e. The standard InChI is InChI=1S/C25H27N3O5/c29-22(11-15-28-24(31)20-9-4-5-10-21(20)25(28)32)26-13-6-14-27(17-16-26)23(30)12-18-33-19-7-2-1-3-8-19/h1-5,7-10H,6,11-18H2. The molecule has 0 atom stereocenters. The van der Waals surface area contributed by atoms with Crippen molar-refractivity contribution in [3.8, 4) is 5.75 Å². The largest absolute Gasteiger partial charge is 0.493 e. The van der Waals surface area contributed by atoms with Crippen molar-refractivity contribution in [1.29, 1.82) is 0 Å². The molecule has 4 amide bonds. The minimum Gasteiger partial charge on any atom is -0.493 e. The lowest BCUT2D eigenvalue weighted by Gasteiger charge is -2.23. The van der Waals surface area contributed by atoms with Crippen LogP contribution in [0.4, 0.5) is 0 Å². The maximum Gasteiger partial charge on any atom is 0.261 e. The topological polar surface area (TPSA) is 87.2 Å². The SMILES string of the molecule is O=C(CCOc1ccccc1)N1CCCN(C(=O)CCN2C(=O)c3ccccc3C2=O)CC1. The Balaban J connectivity index is 1.22. The minimum absolute atomic E-state index is 0.00579. The Morgan fingerprint density at radius 2 is 1.27 bits per heavy atom. The molecule has 0 saturated carbocycles. The van der Waals surface area contributed by atoms with Gasteiger partial charge in [0.15, 0.2) is 0 Å². The number of hydrogen-bond donors (Lipinski definition) is 0. The number of benzene rings is 2. The number of para-hydroxylation sites is 1. The Labute approximate surface area is 192 Å². The molecule has 33 heavy (non-hydrogen) atoms. The normalized spacial score (nSPS) is 15.9. The van der Waals surface area contributed by atoms with Gasteiger partial charge in [-0.2, -0.15) is 0 Å². The third-order valence-electron chi connectivity index (χ3n) is 5.96. The van der Waals surface area contributed by atoms with Crippen LogP contribution in [0.3, 0.4) is 0 Å². The van der Waals surface area contributed by atoms with Gasteiger partial charge in [-0.1, -0.05) is 30.3 Å². The fourth-order valence-corrected chi connectivity index (χ4v) is 4.16. The molecule has 2 aliphatic heterocycles. The van der Waals surface area contributed by atoms with Gasteiger partial charge >= 0.3 is 0 Å². The number of imide groups is 1. The van der Waals surface area contributed by atoms with Crippen LogP contribution in [-0.2, 0) is 9.59 Å². The van der Waals surface area contributed by atoms with Gasteiger partial charge in [-0.25, -0.2) is 0 Å². The minimum atomic E-state index is -0.353. The maximum absolute atomic E-state index is 12.8. The lowest BCUT2D eigenvalue weighted by Crippen LogP contribution is -2.39. The highest BCUT2D eigenvalue weighted by molar-refractivity contribution is 6.21. The average Bonchev–Trinajstić information content (AvgIpc) is 3.00. The number of amides is 4. The highest BCUT2D eigenvalue weighted by Gasteiger charge is 2.35. The first kappa shape index (κ1) is 22.5. The third-order valence-corrected chi connectivity index (χ3v) is 5.96. The van der Waals surface area contributed by atoms with E-state index in [-0.39, 0.29) is 43.0 Å². The van der Waals surface area contributed by atoms with Crippen molar-refractivity contribution >= 4 is 23.6 Å². The van der Waals surface area contributed by atoms with Crippen molar-refractivity contribution < 1.29 is 23.9 Å². The van der Waals surface area contributed by atoms with Gasteiger partial charge in [-0.15, -0.1) is 0 Å². The van der Waals surface area contributed by atoms with Crippen LogP contribution in [0.5, 0.6) is 5.75 Å². The summed E-state index contributed by atoms with van der Waals surface area (Å²) in [5.74, 6) is -0.0851. The predicted octanol–water partition coefficient (Wildman–Crippen LogP) is 2.20. The summed E-state index contributed by atoms with van der Waals surface area (Å²) in [6.07, 6.45) is 1.04. The Morgan fingerprint density at radius 3 is 1.88 bits per heavy atom. The van der Waals surface area contributed by atoms with E-state index < -0.39 is 0 Å². The first-order valence-corrected chi connectivity index (χ1v) is 11.2. The molecular formula is C25H27N3O5. The number of nitrogens with zero attached hydrogens (tertiary/aromatic N) is 3. The van der Waals surface area contributed by atoms with E-state index in [2.05, 4.69) is 0 Å². The maximum atomic E-state index is 12.8. The molecule has 2 aromatic rings. The van der Waals surface area contributed by atoms with Gasteiger partial charge in [0.2, 0.25) is 11.8 Å². The summed E-state index contributed by atoms with van der Waals surface area (Å²) in [6.45, 7) is 2.40. The number of fused-ring (bicyclic) bond motifs is 1. The molecular weight excluding hydrogens is 422 g/mol. The van der Waals surface area contributed by atoms with Gasteiger partial charge < -0.3 is 14.5 Å². The van der Waals surface area contributed by atoms with Crippen LogP contribution < -0.4 is 4.74 Å². The molecule has 0 unspecified atom stereocenters. The second-order valence-electron chi connectivity index (χ2n) is 8.08. The first-order chi connectivity index (χ1) is 16.0. The van der Waals surface area contributed by atoms with Crippen LogP contribution >= 0.6 is 0 Å². The monoisotopic (exact) mass is 449 g/mol. The quantitative estimate of drug-likeness (QED) is 0.605. The van der Waals surface area contributed by atoms with Crippen molar-refractivity contribution in [3.05, 3.63) is 65.7 Å². The molecule has 0 aromatic heterocycles. The van der Waals surface area contributed by atoms with Crippen LogP contribution in [0, 0.1) is 0 Å². The van der Waals surface area contributed by atoms with Gasteiger partial charge in [0.05, 0.1) is 24.2 Å². The highest BCUT2D eigenvalue weighted by Crippen LogP contribution is 2.22. The lowest BCUT2D eigenvalue weighted by molar-refractivity contribution is -0.133. The molecule has 8 heteroatoms. The predicted molar refractivity (Wildman–Crippen MR) is 121 cm³/mol. The second kappa shape index (κ2) is 10.3. The molecule has 0 radical (unpaired) electrons. The molecule has 2 heterocycles. The zero-order valence-electron chi connectivity index (χ0n) is 18.4. The summed E-state index contributed by atoms with van der Waals surface area (Å²) in [7, 11) is 0. The molecule has 2 aliphatic rings. The van der Waals surface area contributed by atoms with Crippen molar-refractivity contribution in [3.63, 3.8) is 0 Å². The van der Waals surface area contributed by atoms with E-state index in [0.29, 0.717) is 50.3 Å². The molecule has 4 rings (SSSR count). The number of hydrogen-bond acceptors (Lipinski definition) is 5. The van der Waals surface area contributed by atoms with Gasteiger partial charge in [0.25, 0.3) is 11.8 Å². The fourth-order valence-electron chi connectivity index (χ4n) is 4.16. The number of rotatable bonds is 7. The Kier molecular flexibility index (Phi) is 7.02. The van der Waals surface area contributed by atoms with Gasteiger partial charge in [-0.3, -0.25) is 24.1 Å². The van der Waals surface area contributed by atoms with Gasteiger partial charge in [-0.05, 0) is 30.7 Å².